The van der Waals surface area contributed by atoms with Crippen molar-refractivity contribution in [1.82, 2.24) is 20.2 Å². The van der Waals surface area contributed by atoms with Crippen LogP contribution < -0.4 is 5.32 Å². The van der Waals surface area contributed by atoms with Crippen molar-refractivity contribution >= 4 is 11.8 Å². The molecule has 2 heterocycles. The standard InChI is InChI=1S/C16H22N4O2/c1-10-7-11(2)19-14(18-10)5-6-17-16(22)12-8-15(21)20(9-12)13-3-4-13/h7,12-13H,3-6,8-9H2,1-2H3,(H,17,22)/t12-/m1/s1. The zero-order chi connectivity index (χ0) is 15.7. The van der Waals surface area contributed by atoms with Crippen molar-refractivity contribution in [3.8, 4) is 0 Å². The van der Waals surface area contributed by atoms with Gasteiger partial charge in [-0.05, 0) is 32.8 Å². The van der Waals surface area contributed by atoms with E-state index in [1.807, 2.05) is 24.8 Å². The van der Waals surface area contributed by atoms with E-state index < -0.39 is 0 Å². The minimum absolute atomic E-state index is 0.0270. The molecule has 118 valence electrons. The number of carbonyl (C=O) groups is 2. The van der Waals surface area contributed by atoms with Crippen molar-refractivity contribution in [1.29, 1.82) is 0 Å². The lowest BCUT2D eigenvalue weighted by atomic mass is 10.1. The first-order valence-corrected chi connectivity index (χ1v) is 7.91. The smallest absolute Gasteiger partial charge is 0.225 e. The fourth-order valence-corrected chi connectivity index (χ4v) is 3.00. The van der Waals surface area contributed by atoms with Gasteiger partial charge >= 0.3 is 0 Å². The van der Waals surface area contributed by atoms with E-state index in [-0.39, 0.29) is 17.7 Å². The molecule has 1 aliphatic carbocycles. The lowest BCUT2D eigenvalue weighted by molar-refractivity contribution is -0.129. The van der Waals surface area contributed by atoms with Gasteiger partial charge in [0.25, 0.3) is 0 Å². The summed E-state index contributed by atoms with van der Waals surface area (Å²) in [6, 6.07) is 2.33. The number of carbonyl (C=O) groups excluding carboxylic acids is 2. The number of nitrogens with zero attached hydrogens (tertiary/aromatic N) is 3. The van der Waals surface area contributed by atoms with Gasteiger partial charge in [0.1, 0.15) is 5.82 Å². The molecule has 0 bridgehead atoms. The second-order valence-electron chi connectivity index (χ2n) is 6.29. The van der Waals surface area contributed by atoms with Gasteiger partial charge in [-0.3, -0.25) is 9.59 Å². The first-order chi connectivity index (χ1) is 10.5. The van der Waals surface area contributed by atoms with Crippen molar-refractivity contribution in [2.45, 2.75) is 45.6 Å². The molecule has 0 aromatic carbocycles. The molecule has 1 atom stereocenters. The number of amides is 2. The Labute approximate surface area is 130 Å². The van der Waals surface area contributed by atoms with Gasteiger partial charge in [-0.15, -0.1) is 0 Å². The van der Waals surface area contributed by atoms with Gasteiger partial charge in [0.15, 0.2) is 0 Å². The molecule has 2 fully saturated rings. The lowest BCUT2D eigenvalue weighted by Gasteiger charge is -2.15. The average Bonchev–Trinajstić information content (AvgIpc) is 3.20. The van der Waals surface area contributed by atoms with Crippen LogP contribution in [-0.2, 0) is 16.0 Å². The second kappa shape index (κ2) is 6.02. The van der Waals surface area contributed by atoms with E-state index >= 15 is 0 Å². The van der Waals surface area contributed by atoms with Crippen LogP contribution in [0.1, 0.15) is 36.5 Å². The Balaban J connectivity index is 1.47. The Kier molecular flexibility index (Phi) is 4.09. The summed E-state index contributed by atoms with van der Waals surface area (Å²) in [6.07, 6.45) is 3.14. The number of aromatic nitrogens is 2. The first kappa shape index (κ1) is 14.9. The Morgan fingerprint density at radius 3 is 2.64 bits per heavy atom. The van der Waals surface area contributed by atoms with E-state index in [9.17, 15) is 9.59 Å². The predicted octanol–water partition coefficient (Wildman–Crippen LogP) is 0.763. The number of nitrogens with one attached hydrogen (secondary N) is 1. The molecular formula is C16H22N4O2. The SMILES string of the molecule is Cc1cc(C)nc(CCNC(=O)[C@@H]2CC(=O)N(C3CC3)C2)n1. The molecule has 3 rings (SSSR count). The highest BCUT2D eigenvalue weighted by Crippen LogP contribution is 2.32. The molecule has 6 heteroatoms. The van der Waals surface area contributed by atoms with E-state index in [2.05, 4.69) is 15.3 Å². The van der Waals surface area contributed by atoms with Gasteiger partial charge in [0.05, 0.1) is 5.92 Å². The number of hydrogen-bond donors (Lipinski definition) is 1. The van der Waals surface area contributed by atoms with Crippen molar-refractivity contribution in [2.75, 3.05) is 13.1 Å². The number of hydrogen-bond acceptors (Lipinski definition) is 4. The van der Waals surface area contributed by atoms with Crippen LogP contribution in [0.4, 0.5) is 0 Å². The summed E-state index contributed by atoms with van der Waals surface area (Å²) in [5.41, 5.74) is 1.88. The maximum Gasteiger partial charge on any atom is 0.225 e. The van der Waals surface area contributed by atoms with Crippen molar-refractivity contribution < 1.29 is 9.59 Å². The quantitative estimate of drug-likeness (QED) is 0.871. The molecule has 1 saturated carbocycles. The van der Waals surface area contributed by atoms with Gasteiger partial charge in [-0.1, -0.05) is 0 Å². The van der Waals surface area contributed by atoms with Crippen LogP contribution in [0.25, 0.3) is 0 Å². The van der Waals surface area contributed by atoms with Crippen LogP contribution in [0.5, 0.6) is 0 Å². The summed E-state index contributed by atoms with van der Waals surface area (Å²) in [5.74, 6) is 0.648. The third kappa shape index (κ3) is 3.43. The maximum absolute atomic E-state index is 12.2. The average molecular weight is 302 g/mol. The Hall–Kier alpha value is -1.98. The van der Waals surface area contributed by atoms with Crippen molar-refractivity contribution in [3.05, 3.63) is 23.3 Å². The van der Waals surface area contributed by atoms with Crippen LogP contribution in [0.3, 0.4) is 0 Å². The molecule has 2 aliphatic rings. The van der Waals surface area contributed by atoms with Crippen molar-refractivity contribution in [2.24, 2.45) is 5.92 Å². The zero-order valence-electron chi connectivity index (χ0n) is 13.1. The summed E-state index contributed by atoms with van der Waals surface area (Å²) in [7, 11) is 0. The van der Waals surface area contributed by atoms with Crippen LogP contribution in [0, 0.1) is 19.8 Å². The minimum atomic E-state index is -0.201. The molecule has 1 N–H and O–H groups in total. The fourth-order valence-electron chi connectivity index (χ4n) is 3.00. The van der Waals surface area contributed by atoms with E-state index in [1.165, 1.54) is 0 Å². The maximum atomic E-state index is 12.2. The molecule has 6 nitrogen and oxygen atoms in total. The van der Waals surface area contributed by atoms with E-state index in [4.69, 9.17) is 0 Å². The van der Waals surface area contributed by atoms with E-state index in [1.54, 1.807) is 0 Å². The van der Waals surface area contributed by atoms with Gasteiger partial charge < -0.3 is 10.2 Å². The highest BCUT2D eigenvalue weighted by Gasteiger charge is 2.41. The number of aryl methyl sites for hydroxylation is 2. The van der Waals surface area contributed by atoms with Gasteiger partial charge in [-0.2, -0.15) is 0 Å². The number of rotatable bonds is 5. The third-order valence-electron chi connectivity index (χ3n) is 4.19. The Bertz CT molecular complexity index is 578. The summed E-state index contributed by atoms with van der Waals surface area (Å²) in [5, 5.41) is 2.91. The Morgan fingerprint density at radius 1 is 1.32 bits per heavy atom. The summed E-state index contributed by atoms with van der Waals surface area (Å²) < 4.78 is 0. The van der Waals surface area contributed by atoms with Gasteiger partial charge in [0.2, 0.25) is 11.8 Å². The van der Waals surface area contributed by atoms with E-state index in [0.29, 0.717) is 32.0 Å². The highest BCUT2D eigenvalue weighted by atomic mass is 16.2. The largest absolute Gasteiger partial charge is 0.355 e. The fraction of sp³-hybridized carbons (Fsp3) is 0.625. The predicted molar refractivity (Wildman–Crippen MR) is 81.1 cm³/mol. The highest BCUT2D eigenvalue weighted by molar-refractivity contribution is 5.89. The van der Waals surface area contributed by atoms with Gasteiger partial charge in [-0.25, -0.2) is 9.97 Å². The van der Waals surface area contributed by atoms with Crippen molar-refractivity contribution in [3.63, 3.8) is 0 Å². The normalized spacial score (nSPS) is 21.3. The van der Waals surface area contributed by atoms with Crippen LogP contribution >= 0.6 is 0 Å². The van der Waals surface area contributed by atoms with Gasteiger partial charge in [0, 0.05) is 43.4 Å². The monoisotopic (exact) mass is 302 g/mol. The zero-order valence-corrected chi connectivity index (χ0v) is 13.1. The molecule has 2 amide bonds. The molecule has 22 heavy (non-hydrogen) atoms. The molecule has 0 unspecified atom stereocenters. The Morgan fingerprint density at radius 2 is 2.00 bits per heavy atom. The molecule has 1 saturated heterocycles. The summed E-state index contributed by atoms with van der Waals surface area (Å²) in [6.45, 7) is 4.96. The first-order valence-electron chi connectivity index (χ1n) is 7.91. The molecular weight excluding hydrogens is 280 g/mol. The van der Waals surface area contributed by atoms with Crippen LogP contribution in [0.15, 0.2) is 6.07 Å². The van der Waals surface area contributed by atoms with E-state index in [0.717, 1.165) is 30.1 Å². The topological polar surface area (TPSA) is 75.2 Å². The lowest BCUT2D eigenvalue weighted by Crippen LogP contribution is -2.34. The number of likely N-dealkylation sites (tertiary alicyclic amines) is 1. The molecule has 1 aromatic heterocycles. The van der Waals surface area contributed by atoms with Crippen LogP contribution in [-0.4, -0.2) is 45.8 Å². The minimum Gasteiger partial charge on any atom is -0.355 e. The second-order valence-corrected chi connectivity index (χ2v) is 6.29. The molecule has 0 spiro atoms. The molecule has 0 radical (unpaired) electrons. The van der Waals surface area contributed by atoms with Crippen LogP contribution in [0.2, 0.25) is 0 Å². The summed E-state index contributed by atoms with van der Waals surface area (Å²) >= 11 is 0. The molecule has 1 aromatic rings. The summed E-state index contributed by atoms with van der Waals surface area (Å²) in [4.78, 5) is 34.6. The third-order valence-corrected chi connectivity index (χ3v) is 4.19. The molecule has 1 aliphatic heterocycles.